The first kappa shape index (κ1) is 29.0. The maximum Gasteiger partial charge on any atom is 0.363 e. The molecule has 7 heteroatoms. The summed E-state index contributed by atoms with van der Waals surface area (Å²) >= 11 is 0. The maximum absolute atomic E-state index is 14.0. The molecule has 0 saturated heterocycles. The molecule has 0 spiro atoms. The van der Waals surface area contributed by atoms with Crippen LogP contribution in [0.15, 0.2) is 121 Å². The van der Waals surface area contributed by atoms with E-state index in [9.17, 15) is 19.2 Å². The van der Waals surface area contributed by atoms with Gasteiger partial charge in [-0.25, -0.2) is 9.59 Å². The highest BCUT2D eigenvalue weighted by atomic mass is 16.6. The number of carbonyl (C=O) groups excluding carboxylic acids is 4. The van der Waals surface area contributed by atoms with Gasteiger partial charge < -0.3 is 14.2 Å². The molecule has 7 nitrogen and oxygen atoms in total. The van der Waals surface area contributed by atoms with Gasteiger partial charge in [-0.3, -0.25) is 9.59 Å². The molecule has 4 rings (SSSR count). The lowest BCUT2D eigenvalue weighted by atomic mass is 9.77. The van der Waals surface area contributed by atoms with E-state index in [1.165, 1.54) is 0 Å². The van der Waals surface area contributed by atoms with Crippen LogP contribution in [0.4, 0.5) is 0 Å². The quantitative estimate of drug-likeness (QED) is 0.0948. The van der Waals surface area contributed by atoms with Gasteiger partial charge in [-0.15, -0.1) is 0 Å². The van der Waals surface area contributed by atoms with Gasteiger partial charge in [0.1, 0.15) is 13.2 Å². The van der Waals surface area contributed by atoms with E-state index in [0.717, 1.165) is 6.92 Å². The largest absolute Gasteiger partial charge is 0.457 e. The van der Waals surface area contributed by atoms with Gasteiger partial charge in [-0.05, 0) is 16.7 Å². The lowest BCUT2D eigenvalue weighted by molar-refractivity contribution is -0.200. The Morgan fingerprint density at radius 3 is 1.46 bits per heavy atom. The van der Waals surface area contributed by atoms with Gasteiger partial charge in [-0.1, -0.05) is 121 Å². The van der Waals surface area contributed by atoms with E-state index in [2.05, 4.69) is 0 Å². The molecule has 0 fully saturated rings. The molecule has 0 heterocycles. The molecule has 1 unspecified atom stereocenters. The van der Waals surface area contributed by atoms with E-state index in [-0.39, 0.29) is 25.4 Å². The summed E-state index contributed by atoms with van der Waals surface area (Å²) in [6.45, 7) is 0.705. The Bertz CT molecular complexity index is 1400. The van der Waals surface area contributed by atoms with Crippen molar-refractivity contribution in [2.45, 2.75) is 38.1 Å². The molecule has 4 aromatic carbocycles. The standard InChI is InChI=1S/C34H30O7/c1-25(35)41-34(32(37)39-23-26-14-6-2-7-15-26,33(38)40-24-27-16-8-3-9-17-27)30(28-18-10-4-11-19-28)22-31(36)29-20-12-5-13-21-29/h2-21,30H,22-24H2,1H3. The normalized spacial score (nSPS) is 11.6. The lowest BCUT2D eigenvalue weighted by Gasteiger charge is -2.35. The van der Waals surface area contributed by atoms with E-state index in [4.69, 9.17) is 14.2 Å². The molecule has 1 atom stereocenters. The fourth-order valence-electron chi connectivity index (χ4n) is 4.52. The average molecular weight is 551 g/mol. The second kappa shape index (κ2) is 13.8. The van der Waals surface area contributed by atoms with Crippen molar-refractivity contribution in [2.75, 3.05) is 0 Å². The molecule has 0 bridgehead atoms. The van der Waals surface area contributed by atoms with E-state index < -0.39 is 29.4 Å². The highest BCUT2D eigenvalue weighted by molar-refractivity contribution is 6.08. The first-order chi connectivity index (χ1) is 19.9. The van der Waals surface area contributed by atoms with Crippen LogP contribution in [0.25, 0.3) is 0 Å². The fraction of sp³-hybridized carbons (Fsp3) is 0.176. The smallest absolute Gasteiger partial charge is 0.363 e. The van der Waals surface area contributed by atoms with Crippen molar-refractivity contribution in [3.05, 3.63) is 144 Å². The minimum absolute atomic E-state index is 0.192. The number of ketones is 1. The van der Waals surface area contributed by atoms with E-state index in [1.807, 2.05) is 12.1 Å². The van der Waals surface area contributed by atoms with Crippen LogP contribution in [-0.2, 0) is 41.8 Å². The van der Waals surface area contributed by atoms with Gasteiger partial charge in [0.2, 0.25) is 0 Å². The van der Waals surface area contributed by atoms with Gasteiger partial charge in [0.15, 0.2) is 5.78 Å². The Morgan fingerprint density at radius 2 is 1.02 bits per heavy atom. The minimum atomic E-state index is -2.61. The number of esters is 3. The van der Waals surface area contributed by atoms with Crippen molar-refractivity contribution in [2.24, 2.45) is 0 Å². The third-order valence-electron chi connectivity index (χ3n) is 6.51. The van der Waals surface area contributed by atoms with Crippen molar-refractivity contribution >= 4 is 23.7 Å². The number of carbonyl (C=O) groups is 4. The SMILES string of the molecule is CC(=O)OC(C(=O)OCc1ccccc1)(C(=O)OCc1ccccc1)C(CC(=O)c1ccccc1)c1ccccc1. The molecule has 0 saturated carbocycles. The number of hydrogen-bond donors (Lipinski definition) is 0. The molecule has 41 heavy (non-hydrogen) atoms. The molecule has 0 aliphatic carbocycles. The van der Waals surface area contributed by atoms with Crippen LogP contribution in [0.2, 0.25) is 0 Å². The first-order valence-corrected chi connectivity index (χ1v) is 13.1. The lowest BCUT2D eigenvalue weighted by Crippen LogP contribution is -2.56. The van der Waals surface area contributed by atoms with Crippen molar-refractivity contribution in [3.63, 3.8) is 0 Å². The second-order valence-electron chi connectivity index (χ2n) is 9.41. The van der Waals surface area contributed by atoms with Crippen LogP contribution in [0, 0.1) is 0 Å². The Balaban J connectivity index is 1.80. The summed E-state index contributed by atoms with van der Waals surface area (Å²) in [7, 11) is 0. The van der Waals surface area contributed by atoms with Crippen LogP contribution >= 0.6 is 0 Å². The number of Topliss-reactive ketones (excluding diaryl/α,β-unsaturated/α-hetero) is 1. The second-order valence-corrected chi connectivity index (χ2v) is 9.41. The predicted octanol–water partition coefficient (Wildman–Crippen LogP) is 5.83. The minimum Gasteiger partial charge on any atom is -0.457 e. The predicted molar refractivity (Wildman–Crippen MR) is 152 cm³/mol. The van der Waals surface area contributed by atoms with E-state index >= 15 is 0 Å². The summed E-state index contributed by atoms with van der Waals surface area (Å²) in [5.41, 5.74) is -0.494. The van der Waals surface area contributed by atoms with E-state index in [1.54, 1.807) is 109 Å². The molecule has 0 radical (unpaired) electrons. The molecule has 0 aromatic heterocycles. The topological polar surface area (TPSA) is 96.0 Å². The summed E-state index contributed by atoms with van der Waals surface area (Å²) in [6, 6.07) is 34.7. The van der Waals surface area contributed by atoms with Gasteiger partial charge in [0, 0.05) is 18.9 Å². The zero-order valence-electron chi connectivity index (χ0n) is 22.6. The summed E-state index contributed by atoms with van der Waals surface area (Å²) in [5, 5.41) is 0. The van der Waals surface area contributed by atoms with Gasteiger partial charge in [-0.2, -0.15) is 0 Å². The Labute approximate surface area is 238 Å². The van der Waals surface area contributed by atoms with Crippen molar-refractivity contribution in [1.29, 1.82) is 0 Å². The molecular weight excluding hydrogens is 520 g/mol. The molecule has 4 aromatic rings. The van der Waals surface area contributed by atoms with Crippen LogP contribution in [0.5, 0.6) is 0 Å². The number of ether oxygens (including phenoxy) is 3. The van der Waals surface area contributed by atoms with Crippen molar-refractivity contribution < 1.29 is 33.4 Å². The van der Waals surface area contributed by atoms with Crippen molar-refractivity contribution in [3.8, 4) is 0 Å². The zero-order chi connectivity index (χ0) is 29.1. The molecule has 0 aliphatic heterocycles. The van der Waals surface area contributed by atoms with Crippen LogP contribution in [0.1, 0.15) is 46.3 Å². The summed E-state index contributed by atoms with van der Waals surface area (Å²) in [6.07, 6.45) is -0.345. The van der Waals surface area contributed by atoms with Crippen LogP contribution in [-0.4, -0.2) is 29.3 Å². The Morgan fingerprint density at radius 1 is 0.610 bits per heavy atom. The monoisotopic (exact) mass is 550 g/mol. The molecule has 0 aliphatic rings. The number of hydrogen-bond acceptors (Lipinski definition) is 7. The third-order valence-corrected chi connectivity index (χ3v) is 6.51. The average Bonchev–Trinajstić information content (AvgIpc) is 3.02. The highest BCUT2D eigenvalue weighted by Crippen LogP contribution is 2.39. The van der Waals surface area contributed by atoms with E-state index in [0.29, 0.717) is 22.3 Å². The Hall–Kier alpha value is -5.04. The molecule has 0 N–H and O–H groups in total. The van der Waals surface area contributed by atoms with Gasteiger partial charge >= 0.3 is 23.5 Å². The zero-order valence-corrected chi connectivity index (χ0v) is 22.6. The maximum atomic E-state index is 14.0. The molecule has 0 amide bonds. The summed E-state index contributed by atoms with van der Waals surface area (Å²) in [4.78, 5) is 54.2. The Kier molecular flexibility index (Phi) is 9.78. The number of benzene rings is 4. The third kappa shape index (κ3) is 7.33. The van der Waals surface area contributed by atoms with Gasteiger partial charge in [0.25, 0.3) is 0 Å². The van der Waals surface area contributed by atoms with Crippen LogP contribution in [0.3, 0.4) is 0 Å². The fourth-order valence-corrected chi connectivity index (χ4v) is 4.52. The molecule has 208 valence electrons. The van der Waals surface area contributed by atoms with Gasteiger partial charge in [0.05, 0.1) is 5.92 Å². The van der Waals surface area contributed by atoms with Crippen LogP contribution < -0.4 is 0 Å². The van der Waals surface area contributed by atoms with Crippen molar-refractivity contribution in [1.82, 2.24) is 0 Å². The summed E-state index contributed by atoms with van der Waals surface area (Å²) in [5.74, 6) is -4.80. The highest BCUT2D eigenvalue weighted by Gasteiger charge is 2.59. The summed E-state index contributed by atoms with van der Waals surface area (Å²) < 4.78 is 16.9. The molecular formula is C34H30O7. The number of rotatable bonds is 12. The first-order valence-electron chi connectivity index (χ1n) is 13.1.